The van der Waals surface area contributed by atoms with E-state index in [-0.39, 0.29) is 12.1 Å². The molecular formula is C18H23NO. The molecule has 0 radical (unpaired) electrons. The Morgan fingerprint density at radius 2 is 1.65 bits per heavy atom. The summed E-state index contributed by atoms with van der Waals surface area (Å²) in [5, 5.41) is 0. The predicted octanol–water partition coefficient (Wildman–Crippen LogP) is 4.73. The maximum absolute atomic E-state index is 5.84. The molecule has 0 saturated heterocycles. The fourth-order valence-electron chi connectivity index (χ4n) is 2.32. The fourth-order valence-corrected chi connectivity index (χ4v) is 2.32. The lowest BCUT2D eigenvalue weighted by molar-refractivity contribution is -0.0383. The van der Waals surface area contributed by atoms with Gasteiger partial charge in [0.2, 0.25) is 0 Å². The smallest absolute Gasteiger partial charge is 0.101 e. The van der Waals surface area contributed by atoms with Gasteiger partial charge in [0.25, 0.3) is 0 Å². The Labute approximate surface area is 121 Å². The van der Waals surface area contributed by atoms with E-state index in [1.807, 2.05) is 18.2 Å². The van der Waals surface area contributed by atoms with E-state index in [1.54, 1.807) is 0 Å². The third-order valence-electron chi connectivity index (χ3n) is 3.63. The second-order valence-corrected chi connectivity index (χ2v) is 5.11. The number of hydrogen-bond acceptors (Lipinski definition) is 2. The minimum atomic E-state index is 0.0364. The summed E-state index contributed by atoms with van der Waals surface area (Å²) in [4.78, 5) is 5.84. The molecule has 2 aromatic rings. The van der Waals surface area contributed by atoms with Crippen LogP contribution in [0.4, 0.5) is 0 Å². The van der Waals surface area contributed by atoms with Crippen molar-refractivity contribution in [3.63, 3.8) is 0 Å². The van der Waals surface area contributed by atoms with Crippen LogP contribution in [0.25, 0.3) is 0 Å². The van der Waals surface area contributed by atoms with Crippen LogP contribution in [-0.4, -0.2) is 0 Å². The average Bonchev–Trinajstić information content (AvgIpc) is 2.50. The zero-order chi connectivity index (χ0) is 14.4. The molecule has 1 N–H and O–H groups in total. The van der Waals surface area contributed by atoms with E-state index in [9.17, 15) is 0 Å². The molecule has 0 fully saturated rings. The van der Waals surface area contributed by atoms with Gasteiger partial charge in [-0.05, 0) is 37.0 Å². The summed E-state index contributed by atoms with van der Waals surface area (Å²) in [5.74, 6) is 0. The second-order valence-electron chi connectivity index (χ2n) is 5.11. The maximum atomic E-state index is 5.84. The highest BCUT2D eigenvalue weighted by molar-refractivity contribution is 5.28. The van der Waals surface area contributed by atoms with Crippen LogP contribution >= 0.6 is 0 Å². The van der Waals surface area contributed by atoms with Crippen LogP contribution in [-0.2, 0) is 4.84 Å². The van der Waals surface area contributed by atoms with E-state index in [2.05, 4.69) is 62.6 Å². The van der Waals surface area contributed by atoms with Crippen molar-refractivity contribution in [1.82, 2.24) is 5.48 Å². The van der Waals surface area contributed by atoms with Gasteiger partial charge in [-0.15, -0.1) is 0 Å². The van der Waals surface area contributed by atoms with Gasteiger partial charge >= 0.3 is 0 Å². The minimum absolute atomic E-state index is 0.0364. The molecule has 0 aromatic heterocycles. The Balaban J connectivity index is 2.00. The third kappa shape index (κ3) is 3.69. The highest BCUT2D eigenvalue weighted by atomic mass is 16.7. The number of aryl methyl sites for hydroxylation is 1. The van der Waals surface area contributed by atoms with Crippen LogP contribution in [0.15, 0.2) is 54.6 Å². The van der Waals surface area contributed by atoms with Crippen LogP contribution in [0.3, 0.4) is 0 Å². The molecule has 0 amide bonds. The minimum Gasteiger partial charge on any atom is -0.293 e. The SMILES string of the molecule is CCC(NOC(C)c1ccccc1)c1ccccc1C. The molecule has 0 spiro atoms. The lowest BCUT2D eigenvalue weighted by Crippen LogP contribution is -2.23. The monoisotopic (exact) mass is 269 g/mol. The molecule has 0 aliphatic rings. The van der Waals surface area contributed by atoms with Crippen LogP contribution in [0.2, 0.25) is 0 Å². The summed E-state index contributed by atoms with van der Waals surface area (Å²) < 4.78 is 0. The van der Waals surface area contributed by atoms with Gasteiger partial charge in [-0.3, -0.25) is 4.84 Å². The van der Waals surface area contributed by atoms with Crippen molar-refractivity contribution in [3.8, 4) is 0 Å². The van der Waals surface area contributed by atoms with Crippen molar-refractivity contribution in [3.05, 3.63) is 71.3 Å². The Kier molecular flexibility index (Phi) is 5.33. The lowest BCUT2D eigenvalue weighted by Gasteiger charge is -2.22. The summed E-state index contributed by atoms with van der Waals surface area (Å²) >= 11 is 0. The fraction of sp³-hybridized carbons (Fsp3) is 0.333. The average molecular weight is 269 g/mol. The molecule has 2 nitrogen and oxygen atoms in total. The maximum Gasteiger partial charge on any atom is 0.101 e. The Morgan fingerprint density at radius 1 is 1.00 bits per heavy atom. The first-order chi connectivity index (χ1) is 9.72. The van der Waals surface area contributed by atoms with Crippen LogP contribution in [0, 0.1) is 6.92 Å². The summed E-state index contributed by atoms with van der Waals surface area (Å²) in [6.45, 7) is 6.37. The van der Waals surface area contributed by atoms with Gasteiger partial charge in [-0.1, -0.05) is 61.5 Å². The van der Waals surface area contributed by atoms with Crippen LogP contribution in [0.1, 0.15) is 49.1 Å². The van der Waals surface area contributed by atoms with E-state index in [0.717, 1.165) is 6.42 Å². The van der Waals surface area contributed by atoms with Crippen LogP contribution < -0.4 is 5.48 Å². The number of hydroxylamine groups is 1. The van der Waals surface area contributed by atoms with Gasteiger partial charge in [-0.25, -0.2) is 0 Å². The van der Waals surface area contributed by atoms with Crippen LogP contribution in [0.5, 0.6) is 0 Å². The molecule has 0 aliphatic carbocycles. The zero-order valence-electron chi connectivity index (χ0n) is 12.5. The van der Waals surface area contributed by atoms with Gasteiger partial charge in [0.1, 0.15) is 6.10 Å². The van der Waals surface area contributed by atoms with Gasteiger partial charge in [-0.2, -0.15) is 5.48 Å². The van der Waals surface area contributed by atoms with E-state index in [1.165, 1.54) is 16.7 Å². The number of rotatable bonds is 6. The lowest BCUT2D eigenvalue weighted by atomic mass is 10.0. The normalized spacial score (nSPS) is 13.9. The van der Waals surface area contributed by atoms with Crippen molar-refractivity contribution in [2.45, 2.75) is 39.3 Å². The summed E-state index contributed by atoms with van der Waals surface area (Å²) in [6.07, 6.45) is 1.03. The van der Waals surface area contributed by atoms with Crippen molar-refractivity contribution in [2.75, 3.05) is 0 Å². The first-order valence-corrected chi connectivity index (χ1v) is 7.24. The summed E-state index contributed by atoms with van der Waals surface area (Å²) in [7, 11) is 0. The van der Waals surface area contributed by atoms with Gasteiger partial charge < -0.3 is 0 Å². The Morgan fingerprint density at radius 3 is 2.30 bits per heavy atom. The quantitative estimate of drug-likeness (QED) is 0.766. The van der Waals surface area contributed by atoms with E-state index >= 15 is 0 Å². The van der Waals surface area contributed by atoms with Gasteiger partial charge in [0, 0.05) is 0 Å². The molecule has 0 aliphatic heterocycles. The van der Waals surface area contributed by atoms with Crippen molar-refractivity contribution in [1.29, 1.82) is 0 Å². The van der Waals surface area contributed by atoms with Crippen molar-refractivity contribution in [2.24, 2.45) is 0 Å². The van der Waals surface area contributed by atoms with E-state index in [4.69, 9.17) is 4.84 Å². The molecule has 2 aromatic carbocycles. The second kappa shape index (κ2) is 7.22. The highest BCUT2D eigenvalue weighted by Gasteiger charge is 2.13. The molecule has 0 bridgehead atoms. The van der Waals surface area contributed by atoms with E-state index in [0.29, 0.717) is 0 Å². The highest BCUT2D eigenvalue weighted by Crippen LogP contribution is 2.22. The molecule has 2 heteroatoms. The van der Waals surface area contributed by atoms with Gasteiger partial charge in [0.15, 0.2) is 0 Å². The molecule has 20 heavy (non-hydrogen) atoms. The Hall–Kier alpha value is -1.64. The number of nitrogens with one attached hydrogen (secondary N) is 1. The molecule has 2 rings (SSSR count). The molecule has 106 valence electrons. The van der Waals surface area contributed by atoms with Crippen molar-refractivity contribution < 1.29 is 4.84 Å². The molecule has 2 atom stereocenters. The first-order valence-electron chi connectivity index (χ1n) is 7.24. The Bertz CT molecular complexity index is 524. The molecular weight excluding hydrogens is 246 g/mol. The molecule has 2 unspecified atom stereocenters. The first kappa shape index (κ1) is 14.8. The number of hydrogen-bond donors (Lipinski definition) is 1. The van der Waals surface area contributed by atoms with Gasteiger partial charge in [0.05, 0.1) is 6.04 Å². The molecule has 0 saturated carbocycles. The third-order valence-corrected chi connectivity index (χ3v) is 3.63. The largest absolute Gasteiger partial charge is 0.293 e. The number of benzene rings is 2. The summed E-state index contributed by atoms with van der Waals surface area (Å²) in [5.41, 5.74) is 7.00. The van der Waals surface area contributed by atoms with Crippen molar-refractivity contribution >= 4 is 0 Å². The standard InChI is InChI=1S/C18H23NO/c1-4-18(17-13-9-8-10-14(17)2)19-20-15(3)16-11-6-5-7-12-16/h5-13,15,18-19H,4H2,1-3H3. The topological polar surface area (TPSA) is 21.3 Å². The zero-order valence-corrected chi connectivity index (χ0v) is 12.5. The summed E-state index contributed by atoms with van der Waals surface area (Å²) in [6, 6.07) is 18.9. The molecule has 0 heterocycles. The van der Waals surface area contributed by atoms with E-state index < -0.39 is 0 Å². The predicted molar refractivity (Wildman–Crippen MR) is 83.3 cm³/mol.